The van der Waals surface area contributed by atoms with Gasteiger partial charge in [0.15, 0.2) is 22.8 Å². The Kier molecular flexibility index (Phi) is 4.12. The molecule has 0 saturated carbocycles. The number of furan rings is 1. The zero-order chi connectivity index (χ0) is 20.2. The van der Waals surface area contributed by atoms with E-state index in [0.717, 1.165) is 32.0 Å². The molecule has 152 valence electrons. The Hall–Kier alpha value is -2.88. The molecule has 2 aliphatic rings. The lowest BCUT2D eigenvalue weighted by atomic mass is 10.1. The first-order valence-electron chi connectivity index (χ1n) is 9.45. The minimum absolute atomic E-state index is 0.0355. The highest BCUT2D eigenvalue weighted by molar-refractivity contribution is 5.93. The molecule has 3 aromatic heterocycles. The van der Waals surface area contributed by atoms with Crippen molar-refractivity contribution in [2.75, 3.05) is 26.2 Å². The van der Waals surface area contributed by atoms with Crippen LogP contribution in [-0.2, 0) is 6.18 Å². The summed E-state index contributed by atoms with van der Waals surface area (Å²) in [4.78, 5) is 21.2. The van der Waals surface area contributed by atoms with Crippen molar-refractivity contribution in [1.82, 2.24) is 24.4 Å². The largest absolute Gasteiger partial charge is 0.463 e. The highest BCUT2D eigenvalue weighted by atomic mass is 19.4. The number of carbonyl (C=O) groups excluding carboxylic acids is 1. The summed E-state index contributed by atoms with van der Waals surface area (Å²) < 4.78 is 46.8. The quantitative estimate of drug-likeness (QED) is 0.656. The second-order valence-corrected chi connectivity index (χ2v) is 7.38. The van der Waals surface area contributed by atoms with Crippen molar-refractivity contribution in [3.05, 3.63) is 41.9 Å². The number of rotatable bonds is 2. The number of fused-ring (bicyclic) bond motifs is 2. The van der Waals surface area contributed by atoms with Gasteiger partial charge in [-0.2, -0.15) is 18.3 Å². The molecule has 29 heavy (non-hydrogen) atoms. The van der Waals surface area contributed by atoms with Gasteiger partial charge in [0.25, 0.3) is 5.91 Å². The summed E-state index contributed by atoms with van der Waals surface area (Å²) in [5.41, 5.74) is -1.05. The van der Waals surface area contributed by atoms with Gasteiger partial charge in [0.05, 0.1) is 6.26 Å². The predicted octanol–water partition coefficient (Wildman–Crippen LogP) is 2.93. The smallest absolute Gasteiger partial charge is 0.433 e. The standard InChI is InChI=1S/C19H18F3N5O2/c20-19(21,22)16-9-13(15-4-2-8-29-15)23-17-10-14(24-27(16)17)18(28)26-7-6-25-5-1-3-12(25)11-26/h2,4,8-10,12H,1,3,5-7,11H2/t12-/m1/s1. The van der Waals surface area contributed by atoms with Crippen LogP contribution < -0.4 is 0 Å². The van der Waals surface area contributed by atoms with Gasteiger partial charge in [-0.3, -0.25) is 9.69 Å². The van der Waals surface area contributed by atoms with Gasteiger partial charge in [0, 0.05) is 31.7 Å². The highest BCUT2D eigenvalue weighted by Gasteiger charge is 2.37. The zero-order valence-electron chi connectivity index (χ0n) is 15.4. The Bertz CT molecular complexity index is 1060. The first-order chi connectivity index (χ1) is 13.9. The topological polar surface area (TPSA) is 66.9 Å². The Morgan fingerprint density at radius 1 is 1.21 bits per heavy atom. The van der Waals surface area contributed by atoms with E-state index in [4.69, 9.17) is 4.42 Å². The maximum absolute atomic E-state index is 13.6. The van der Waals surface area contributed by atoms with Gasteiger partial charge >= 0.3 is 6.18 Å². The summed E-state index contributed by atoms with van der Waals surface area (Å²) in [6.07, 6.45) is -1.16. The van der Waals surface area contributed by atoms with Crippen molar-refractivity contribution < 1.29 is 22.4 Å². The number of hydrogen-bond acceptors (Lipinski definition) is 5. The van der Waals surface area contributed by atoms with Gasteiger partial charge in [0.2, 0.25) is 0 Å². The average Bonchev–Trinajstić information content (AvgIpc) is 3.44. The van der Waals surface area contributed by atoms with Crippen molar-refractivity contribution in [3.8, 4) is 11.5 Å². The molecule has 0 unspecified atom stereocenters. The highest BCUT2D eigenvalue weighted by Crippen LogP contribution is 2.32. The van der Waals surface area contributed by atoms with Gasteiger partial charge in [-0.05, 0) is 37.6 Å². The van der Waals surface area contributed by atoms with Crippen molar-refractivity contribution in [2.45, 2.75) is 25.1 Å². The number of hydrogen-bond donors (Lipinski definition) is 0. The molecule has 0 spiro atoms. The molecule has 0 bridgehead atoms. The van der Waals surface area contributed by atoms with E-state index in [1.54, 1.807) is 11.0 Å². The summed E-state index contributed by atoms with van der Waals surface area (Å²) in [5.74, 6) is -0.154. The van der Waals surface area contributed by atoms with Crippen LogP contribution in [0.2, 0.25) is 0 Å². The normalized spacial score (nSPS) is 20.4. The molecule has 0 N–H and O–H groups in total. The van der Waals surface area contributed by atoms with Crippen LogP contribution in [0.25, 0.3) is 17.1 Å². The minimum Gasteiger partial charge on any atom is -0.463 e. The molecular formula is C19H18F3N5O2. The number of nitrogens with zero attached hydrogens (tertiary/aromatic N) is 5. The first-order valence-corrected chi connectivity index (χ1v) is 9.45. The number of alkyl halides is 3. The molecule has 5 heterocycles. The fourth-order valence-electron chi connectivity index (χ4n) is 4.17. The van der Waals surface area contributed by atoms with E-state index >= 15 is 0 Å². The average molecular weight is 405 g/mol. The van der Waals surface area contributed by atoms with Crippen LogP contribution >= 0.6 is 0 Å². The molecule has 3 aromatic rings. The lowest BCUT2D eigenvalue weighted by Crippen LogP contribution is -2.52. The number of halogens is 3. The fourth-order valence-corrected chi connectivity index (χ4v) is 4.17. The number of carbonyl (C=O) groups is 1. The van der Waals surface area contributed by atoms with Crippen LogP contribution in [0.1, 0.15) is 29.0 Å². The summed E-state index contributed by atoms with van der Waals surface area (Å²) in [7, 11) is 0. The summed E-state index contributed by atoms with van der Waals surface area (Å²) in [6, 6.07) is 5.61. The van der Waals surface area contributed by atoms with Crippen LogP contribution in [0.5, 0.6) is 0 Å². The van der Waals surface area contributed by atoms with E-state index in [9.17, 15) is 18.0 Å². The molecule has 2 fully saturated rings. The fraction of sp³-hybridized carbons (Fsp3) is 0.421. The van der Waals surface area contributed by atoms with E-state index in [-0.39, 0.29) is 28.7 Å². The molecule has 5 rings (SSSR count). The van der Waals surface area contributed by atoms with Crippen LogP contribution in [-0.4, -0.2) is 62.5 Å². The number of piperazine rings is 1. The van der Waals surface area contributed by atoms with E-state index in [2.05, 4.69) is 15.0 Å². The maximum Gasteiger partial charge on any atom is 0.433 e. The molecule has 10 heteroatoms. The monoisotopic (exact) mass is 405 g/mol. The van der Waals surface area contributed by atoms with Crippen molar-refractivity contribution >= 4 is 11.6 Å². The Morgan fingerprint density at radius 2 is 2.07 bits per heavy atom. The minimum atomic E-state index is -4.66. The molecule has 2 saturated heterocycles. The lowest BCUT2D eigenvalue weighted by molar-refractivity contribution is -0.142. The van der Waals surface area contributed by atoms with E-state index in [0.29, 0.717) is 23.6 Å². The third-order valence-electron chi connectivity index (χ3n) is 5.58. The zero-order valence-corrected chi connectivity index (χ0v) is 15.4. The first kappa shape index (κ1) is 18.2. The van der Waals surface area contributed by atoms with Crippen molar-refractivity contribution in [3.63, 3.8) is 0 Å². The van der Waals surface area contributed by atoms with Gasteiger partial charge in [-0.25, -0.2) is 9.50 Å². The van der Waals surface area contributed by atoms with Crippen LogP contribution in [0.4, 0.5) is 13.2 Å². The predicted molar refractivity (Wildman–Crippen MR) is 96.2 cm³/mol. The molecule has 2 aliphatic heterocycles. The molecular weight excluding hydrogens is 387 g/mol. The maximum atomic E-state index is 13.6. The SMILES string of the molecule is O=C(c1cc2nc(-c3ccco3)cc(C(F)(F)F)n2n1)N1CCN2CCC[C@@H]2C1. The van der Waals surface area contributed by atoms with Gasteiger partial charge in [0.1, 0.15) is 5.69 Å². The Labute approximate surface area is 163 Å². The second kappa shape index (κ2) is 6.58. The van der Waals surface area contributed by atoms with Gasteiger partial charge in [-0.15, -0.1) is 0 Å². The molecule has 1 atom stereocenters. The van der Waals surface area contributed by atoms with E-state index in [1.165, 1.54) is 18.4 Å². The van der Waals surface area contributed by atoms with E-state index in [1.807, 2.05) is 0 Å². The Balaban J connectivity index is 1.53. The van der Waals surface area contributed by atoms with Crippen LogP contribution in [0.3, 0.4) is 0 Å². The molecule has 7 nitrogen and oxygen atoms in total. The van der Waals surface area contributed by atoms with Crippen molar-refractivity contribution in [1.29, 1.82) is 0 Å². The van der Waals surface area contributed by atoms with Crippen LogP contribution in [0, 0.1) is 0 Å². The van der Waals surface area contributed by atoms with Gasteiger partial charge in [-0.1, -0.05) is 0 Å². The summed E-state index contributed by atoms with van der Waals surface area (Å²) >= 11 is 0. The lowest BCUT2D eigenvalue weighted by Gasteiger charge is -2.37. The summed E-state index contributed by atoms with van der Waals surface area (Å²) in [5, 5.41) is 3.96. The van der Waals surface area contributed by atoms with E-state index < -0.39 is 11.9 Å². The molecule has 1 amide bonds. The molecule has 0 radical (unpaired) electrons. The van der Waals surface area contributed by atoms with Crippen LogP contribution in [0.15, 0.2) is 34.9 Å². The van der Waals surface area contributed by atoms with Crippen molar-refractivity contribution in [2.24, 2.45) is 0 Å². The second-order valence-electron chi connectivity index (χ2n) is 7.38. The summed E-state index contributed by atoms with van der Waals surface area (Å²) in [6.45, 7) is 2.93. The third-order valence-corrected chi connectivity index (χ3v) is 5.58. The Morgan fingerprint density at radius 3 is 2.83 bits per heavy atom. The number of amides is 1. The van der Waals surface area contributed by atoms with Gasteiger partial charge < -0.3 is 9.32 Å². The number of aromatic nitrogens is 3. The third kappa shape index (κ3) is 3.17. The molecule has 0 aromatic carbocycles. The molecule has 0 aliphatic carbocycles.